The molecule has 2 heterocycles. The quantitative estimate of drug-likeness (QED) is 0.473. The van der Waals surface area contributed by atoms with Crippen LogP contribution in [0.2, 0.25) is 0 Å². The number of likely N-dealkylation sites (tertiary alicyclic amines) is 1. The first-order chi connectivity index (χ1) is 15.1. The monoisotopic (exact) mass is 427 g/mol. The van der Waals surface area contributed by atoms with Gasteiger partial charge in [0.1, 0.15) is 11.5 Å². The van der Waals surface area contributed by atoms with Gasteiger partial charge in [-0.2, -0.15) is 0 Å². The number of hydrogen-bond donors (Lipinski definition) is 2. The second-order valence-corrected chi connectivity index (χ2v) is 8.21. The summed E-state index contributed by atoms with van der Waals surface area (Å²) in [6, 6.07) is 12.7. The number of hydrogen-bond acceptors (Lipinski definition) is 5. The maximum absolute atomic E-state index is 5.76. The van der Waals surface area contributed by atoms with Gasteiger partial charge in [-0.3, -0.25) is 9.89 Å². The van der Waals surface area contributed by atoms with Crippen LogP contribution in [0.5, 0.6) is 5.75 Å². The van der Waals surface area contributed by atoms with Crippen LogP contribution in [0.4, 0.5) is 0 Å². The Balaban J connectivity index is 1.60. The number of likely N-dealkylation sites (N-methyl/N-ethyl adjacent to an activating group) is 1. The van der Waals surface area contributed by atoms with E-state index in [4.69, 9.17) is 9.15 Å². The average molecular weight is 428 g/mol. The number of nitrogens with one attached hydrogen (secondary N) is 2. The summed E-state index contributed by atoms with van der Waals surface area (Å²) < 4.78 is 11.1. The Morgan fingerprint density at radius 1 is 1.10 bits per heavy atom. The molecule has 2 N–H and O–H groups in total. The summed E-state index contributed by atoms with van der Waals surface area (Å²) >= 11 is 0. The van der Waals surface area contributed by atoms with Crippen molar-refractivity contribution < 1.29 is 9.15 Å². The Bertz CT molecular complexity index is 783. The lowest BCUT2D eigenvalue weighted by molar-refractivity contribution is 0.146. The fourth-order valence-corrected chi connectivity index (χ4v) is 4.15. The van der Waals surface area contributed by atoms with E-state index in [0.29, 0.717) is 0 Å². The first kappa shape index (κ1) is 23.2. The third-order valence-electron chi connectivity index (χ3n) is 5.98. The number of nitrogens with zero attached hydrogens (tertiary/aromatic N) is 3. The van der Waals surface area contributed by atoms with Gasteiger partial charge in [0.2, 0.25) is 0 Å². The van der Waals surface area contributed by atoms with Gasteiger partial charge in [-0.15, -0.1) is 0 Å². The lowest BCUT2D eigenvalue weighted by atomic mass is 10.1. The minimum atomic E-state index is 0.208. The lowest BCUT2D eigenvalue weighted by Gasteiger charge is -2.34. The third kappa shape index (κ3) is 6.48. The molecule has 1 aliphatic rings. The number of methoxy groups -OCH3 is 1. The van der Waals surface area contributed by atoms with Crippen LogP contribution in [0, 0.1) is 0 Å². The maximum atomic E-state index is 5.76. The van der Waals surface area contributed by atoms with Gasteiger partial charge in [0, 0.05) is 20.1 Å². The standard InChI is InChI=1S/C24H37N5O2/c1-25-24(26-17-21(28(2)3)19-10-12-20(30-4)13-11-19)27-18-22(23-9-8-16-31-23)29-14-6-5-7-15-29/h8-13,16,21-22H,5-7,14-15,17-18H2,1-4H3,(H2,25,26,27). The van der Waals surface area contributed by atoms with E-state index in [1.807, 2.05) is 25.2 Å². The highest BCUT2D eigenvalue weighted by molar-refractivity contribution is 5.79. The molecular weight excluding hydrogens is 390 g/mol. The normalized spacial score (nSPS) is 17.4. The molecule has 1 aromatic carbocycles. The Kier molecular flexibility index (Phi) is 8.79. The van der Waals surface area contributed by atoms with E-state index in [2.05, 4.69) is 57.7 Å². The molecule has 2 atom stereocenters. The fourth-order valence-electron chi connectivity index (χ4n) is 4.15. The van der Waals surface area contributed by atoms with Crippen LogP contribution in [0.1, 0.15) is 42.7 Å². The van der Waals surface area contributed by atoms with Crippen molar-refractivity contribution in [1.29, 1.82) is 0 Å². The van der Waals surface area contributed by atoms with E-state index in [0.717, 1.165) is 43.6 Å². The molecule has 7 nitrogen and oxygen atoms in total. The summed E-state index contributed by atoms with van der Waals surface area (Å²) in [6.07, 6.45) is 5.57. The van der Waals surface area contributed by atoms with E-state index >= 15 is 0 Å². The molecule has 0 saturated carbocycles. The molecule has 0 bridgehead atoms. The van der Waals surface area contributed by atoms with Crippen LogP contribution in [-0.2, 0) is 0 Å². The number of piperidine rings is 1. The molecule has 1 aromatic heterocycles. The molecule has 170 valence electrons. The number of aliphatic imine (C=N–C) groups is 1. The molecule has 2 aromatic rings. The van der Waals surface area contributed by atoms with Crippen LogP contribution >= 0.6 is 0 Å². The van der Waals surface area contributed by atoms with Gasteiger partial charge < -0.3 is 24.7 Å². The van der Waals surface area contributed by atoms with E-state index in [1.54, 1.807) is 13.4 Å². The number of furan rings is 1. The van der Waals surface area contributed by atoms with Crippen molar-refractivity contribution in [3.8, 4) is 5.75 Å². The summed E-state index contributed by atoms with van der Waals surface area (Å²) in [4.78, 5) is 9.17. The Morgan fingerprint density at radius 3 is 2.39 bits per heavy atom. The number of ether oxygens (including phenoxy) is 1. The zero-order valence-corrected chi connectivity index (χ0v) is 19.3. The molecule has 1 fully saturated rings. The summed E-state index contributed by atoms with van der Waals surface area (Å²) in [5.41, 5.74) is 1.23. The molecule has 1 saturated heterocycles. The molecule has 0 radical (unpaired) electrons. The zero-order valence-electron chi connectivity index (χ0n) is 19.3. The van der Waals surface area contributed by atoms with Crippen molar-refractivity contribution in [2.45, 2.75) is 31.3 Å². The van der Waals surface area contributed by atoms with Crippen molar-refractivity contribution in [2.24, 2.45) is 4.99 Å². The van der Waals surface area contributed by atoms with Crippen LogP contribution in [0.15, 0.2) is 52.1 Å². The van der Waals surface area contributed by atoms with Gasteiger partial charge >= 0.3 is 0 Å². The lowest BCUT2D eigenvalue weighted by Crippen LogP contribution is -2.46. The van der Waals surface area contributed by atoms with Gasteiger partial charge in [-0.1, -0.05) is 18.6 Å². The zero-order chi connectivity index (χ0) is 22.1. The van der Waals surface area contributed by atoms with E-state index < -0.39 is 0 Å². The molecule has 31 heavy (non-hydrogen) atoms. The van der Waals surface area contributed by atoms with Crippen molar-refractivity contribution >= 4 is 5.96 Å². The largest absolute Gasteiger partial charge is 0.497 e. The summed E-state index contributed by atoms with van der Waals surface area (Å²) in [5, 5.41) is 7.02. The molecule has 0 aliphatic carbocycles. The second kappa shape index (κ2) is 11.8. The van der Waals surface area contributed by atoms with Gasteiger partial charge in [0.05, 0.1) is 25.5 Å². The van der Waals surface area contributed by atoms with Crippen LogP contribution in [0.25, 0.3) is 0 Å². The van der Waals surface area contributed by atoms with Crippen molar-refractivity contribution in [2.75, 3.05) is 54.4 Å². The molecule has 1 aliphatic heterocycles. The second-order valence-electron chi connectivity index (χ2n) is 8.21. The van der Waals surface area contributed by atoms with E-state index in [-0.39, 0.29) is 12.1 Å². The first-order valence-corrected chi connectivity index (χ1v) is 11.1. The summed E-state index contributed by atoms with van der Waals surface area (Å²) in [7, 11) is 7.69. The Hall–Kier alpha value is -2.51. The minimum absolute atomic E-state index is 0.208. The Morgan fingerprint density at radius 2 is 1.81 bits per heavy atom. The SMILES string of the molecule is CN=C(NCC(c1ccc(OC)cc1)N(C)C)NCC(c1ccco1)N1CCCCC1. The van der Waals surface area contributed by atoms with Gasteiger partial charge in [-0.05, 0) is 69.9 Å². The smallest absolute Gasteiger partial charge is 0.191 e. The van der Waals surface area contributed by atoms with E-state index in [9.17, 15) is 0 Å². The molecule has 3 rings (SSSR count). The van der Waals surface area contributed by atoms with Crippen molar-refractivity contribution in [3.63, 3.8) is 0 Å². The highest BCUT2D eigenvalue weighted by Gasteiger charge is 2.25. The van der Waals surface area contributed by atoms with Gasteiger partial charge in [0.25, 0.3) is 0 Å². The molecular formula is C24H37N5O2. The predicted octanol–water partition coefficient (Wildman–Crippen LogP) is 3.28. The van der Waals surface area contributed by atoms with Crippen molar-refractivity contribution in [3.05, 3.63) is 54.0 Å². The van der Waals surface area contributed by atoms with Crippen LogP contribution in [0.3, 0.4) is 0 Å². The van der Waals surface area contributed by atoms with Crippen molar-refractivity contribution in [1.82, 2.24) is 20.4 Å². The predicted molar refractivity (Wildman–Crippen MR) is 126 cm³/mol. The summed E-state index contributed by atoms with van der Waals surface area (Å²) in [6.45, 7) is 3.72. The third-order valence-corrected chi connectivity index (χ3v) is 5.98. The molecule has 0 spiro atoms. The number of guanidine groups is 1. The average Bonchev–Trinajstić information content (AvgIpc) is 3.33. The van der Waals surface area contributed by atoms with Crippen LogP contribution < -0.4 is 15.4 Å². The fraction of sp³-hybridized carbons (Fsp3) is 0.542. The minimum Gasteiger partial charge on any atom is -0.497 e. The molecule has 7 heteroatoms. The highest BCUT2D eigenvalue weighted by Crippen LogP contribution is 2.24. The number of benzene rings is 1. The van der Waals surface area contributed by atoms with Gasteiger partial charge in [-0.25, -0.2) is 0 Å². The van der Waals surface area contributed by atoms with Gasteiger partial charge in [0.15, 0.2) is 5.96 Å². The topological polar surface area (TPSA) is 65.3 Å². The highest BCUT2D eigenvalue weighted by atomic mass is 16.5. The molecule has 2 unspecified atom stereocenters. The first-order valence-electron chi connectivity index (χ1n) is 11.1. The number of rotatable bonds is 9. The van der Waals surface area contributed by atoms with Crippen LogP contribution in [-0.4, -0.2) is 70.2 Å². The Labute approximate surface area is 186 Å². The maximum Gasteiger partial charge on any atom is 0.191 e. The summed E-state index contributed by atoms with van der Waals surface area (Å²) in [5.74, 6) is 2.68. The van der Waals surface area contributed by atoms with E-state index in [1.165, 1.54) is 24.8 Å². The molecule has 0 amide bonds.